The minimum Gasteiger partial charge on any atom is -0.455 e. The zero-order valence-corrected chi connectivity index (χ0v) is 27.0. The highest BCUT2D eigenvalue weighted by Gasteiger charge is 2.34. The lowest BCUT2D eigenvalue weighted by Crippen LogP contribution is -2.38. The molecule has 0 amide bonds. The predicted molar refractivity (Wildman–Crippen MR) is 175 cm³/mol. The summed E-state index contributed by atoms with van der Waals surface area (Å²) in [5.41, 5.74) is 6.86. The number of aromatic nitrogens is 1. The lowest BCUT2D eigenvalue weighted by atomic mass is 9.83. The van der Waals surface area contributed by atoms with E-state index in [1.165, 1.54) is 65.5 Å². The quantitative estimate of drug-likeness (QED) is 0.122. The summed E-state index contributed by atoms with van der Waals surface area (Å²) in [5.74, 6) is 2.57. The average Bonchev–Trinajstić information content (AvgIpc) is 2.85. The first-order valence-corrected chi connectivity index (χ1v) is 18.4. The molecule has 0 atom stereocenters. The van der Waals surface area contributed by atoms with Crippen LogP contribution in [0.25, 0.3) is 43.6 Å². The van der Waals surface area contributed by atoms with Crippen molar-refractivity contribution in [1.29, 1.82) is 0 Å². The Hall–Kier alpha value is -3.17. The maximum absolute atomic E-state index is 7.07. The molecule has 4 aromatic carbocycles. The highest BCUT2D eigenvalue weighted by Crippen LogP contribution is 2.52. The van der Waals surface area contributed by atoms with E-state index in [0.717, 1.165) is 24.3 Å². The van der Waals surface area contributed by atoms with Crippen LogP contribution in [0.5, 0.6) is 11.5 Å². The Morgan fingerprint density at radius 2 is 1.65 bits per heavy atom. The van der Waals surface area contributed by atoms with Crippen molar-refractivity contribution in [3.05, 3.63) is 71.4 Å². The van der Waals surface area contributed by atoms with Crippen LogP contribution >= 0.6 is 0 Å². The number of aryl methyl sites for hydroxylation is 2. The van der Waals surface area contributed by atoms with Gasteiger partial charge in [0.25, 0.3) is 0 Å². The lowest BCUT2D eigenvalue weighted by molar-refractivity contribution is -0.659. The van der Waals surface area contributed by atoms with Crippen LogP contribution in [0.3, 0.4) is 0 Å². The molecule has 0 spiro atoms. The van der Waals surface area contributed by atoms with Gasteiger partial charge in [0.2, 0.25) is 5.69 Å². The summed E-state index contributed by atoms with van der Waals surface area (Å²) in [4.78, 5) is 0. The fourth-order valence-corrected chi connectivity index (χ4v) is 8.53. The molecule has 2 nitrogen and oxygen atoms in total. The van der Waals surface area contributed by atoms with Gasteiger partial charge in [-0.3, -0.25) is 0 Å². The van der Waals surface area contributed by atoms with Gasteiger partial charge in [0.05, 0.1) is 19.0 Å². The molecule has 1 aliphatic heterocycles. The highest BCUT2D eigenvalue weighted by molar-refractivity contribution is 6.90. The number of ether oxygens (including phenoxy) is 1. The van der Waals surface area contributed by atoms with E-state index >= 15 is 0 Å². The van der Waals surface area contributed by atoms with Gasteiger partial charge in [-0.2, -0.15) is 0 Å². The summed E-state index contributed by atoms with van der Waals surface area (Å²) in [7, 11) is 0.623. The maximum atomic E-state index is 7.07. The zero-order valence-electron chi connectivity index (χ0n) is 26.0. The topological polar surface area (TPSA) is 13.1 Å². The van der Waals surface area contributed by atoms with Crippen molar-refractivity contribution in [2.24, 2.45) is 18.4 Å². The molecule has 0 aliphatic carbocycles. The number of hydrogen-bond donors (Lipinski definition) is 0. The van der Waals surface area contributed by atoms with Crippen molar-refractivity contribution in [2.45, 2.75) is 74.0 Å². The Kier molecular flexibility index (Phi) is 6.20. The first kappa shape index (κ1) is 27.0. The van der Waals surface area contributed by atoms with Crippen LogP contribution in [-0.2, 0) is 19.9 Å². The number of benzene rings is 4. The summed E-state index contributed by atoms with van der Waals surface area (Å²) in [5, 5.41) is 9.47. The van der Waals surface area contributed by atoms with Gasteiger partial charge in [0, 0.05) is 17.0 Å². The van der Waals surface area contributed by atoms with E-state index in [1.807, 2.05) is 0 Å². The van der Waals surface area contributed by atoms with E-state index in [1.54, 1.807) is 0 Å². The van der Waals surface area contributed by atoms with Crippen molar-refractivity contribution in [3.8, 4) is 22.8 Å². The van der Waals surface area contributed by atoms with E-state index in [2.05, 4.69) is 128 Å². The molecule has 0 radical (unpaired) electrons. The van der Waals surface area contributed by atoms with Gasteiger partial charge >= 0.3 is 0 Å². The van der Waals surface area contributed by atoms with Crippen molar-refractivity contribution in [1.82, 2.24) is 0 Å². The van der Waals surface area contributed by atoms with Gasteiger partial charge < -0.3 is 4.74 Å². The highest BCUT2D eigenvalue weighted by atomic mass is 28.3. The van der Waals surface area contributed by atoms with E-state index in [4.69, 9.17) is 4.74 Å². The number of hydrogen-bond acceptors (Lipinski definition) is 1. The Balaban J connectivity index is 1.76. The first-order valence-electron chi connectivity index (χ1n) is 14.9. The van der Waals surface area contributed by atoms with Gasteiger partial charge in [-0.15, -0.1) is 0 Å². The molecule has 0 bridgehead atoms. The summed E-state index contributed by atoms with van der Waals surface area (Å²) in [6.07, 6.45) is 4.31. The Bertz CT molecular complexity index is 1830. The average molecular weight is 547 g/mol. The Morgan fingerprint density at radius 3 is 2.33 bits per heavy atom. The second kappa shape index (κ2) is 9.17. The number of pyridine rings is 1. The molecule has 6 rings (SSSR count). The minimum absolute atomic E-state index is 0.242. The second-order valence-corrected chi connectivity index (χ2v) is 19.8. The number of rotatable bonds is 4. The van der Waals surface area contributed by atoms with Crippen LogP contribution in [0.1, 0.15) is 51.3 Å². The monoisotopic (exact) mass is 546 g/mol. The van der Waals surface area contributed by atoms with Crippen LogP contribution in [0, 0.1) is 18.3 Å². The number of fused-ring (bicyclic) bond motifs is 5. The van der Waals surface area contributed by atoms with E-state index in [0.29, 0.717) is 5.92 Å². The molecule has 5 aromatic rings. The van der Waals surface area contributed by atoms with Crippen LogP contribution < -0.4 is 14.5 Å². The summed E-state index contributed by atoms with van der Waals surface area (Å²) >= 11 is 0. The largest absolute Gasteiger partial charge is 0.455 e. The van der Waals surface area contributed by atoms with Crippen LogP contribution in [-0.4, -0.2) is 8.07 Å². The fraction of sp³-hybridized carbons (Fsp3) is 0.378. The standard InChI is InChI=1S/C37H44NOSi/c1-22(2)18-29-26-15-14-24(21-37(4,5)6)19-28(26)23(3)32-35-34-27(16-17-38(35)7)33-25(20-30(34)39-36(29)32)12-11-13-31(33)40(8,9)10/h11-17,19-20,22H,18,21H2,1-10H3/q+1. The SMILES string of the molecule is Cc1c2c(c(CC(C)C)c3ccc(CC(C)(C)C)cc13)Oc1cc3cccc([Si](C)(C)C)c3c3cc[n+](C)c-2c13. The van der Waals surface area contributed by atoms with E-state index in [9.17, 15) is 0 Å². The third kappa shape index (κ3) is 4.34. The van der Waals surface area contributed by atoms with Crippen LogP contribution in [0.2, 0.25) is 19.6 Å². The molecule has 206 valence electrons. The smallest absolute Gasteiger partial charge is 0.228 e. The van der Waals surface area contributed by atoms with Gasteiger partial charge in [-0.05, 0) is 69.8 Å². The molecule has 1 aliphatic rings. The first-order chi connectivity index (χ1) is 18.7. The third-order valence-corrected chi connectivity index (χ3v) is 10.5. The molecule has 0 saturated carbocycles. The summed E-state index contributed by atoms with van der Waals surface area (Å²) in [6, 6.07) is 18.6. The lowest BCUT2D eigenvalue weighted by Gasteiger charge is -2.28. The molecule has 2 heterocycles. The maximum Gasteiger partial charge on any atom is 0.228 e. The molecule has 3 heteroatoms. The van der Waals surface area contributed by atoms with Crippen LogP contribution in [0.15, 0.2) is 54.7 Å². The van der Waals surface area contributed by atoms with Crippen molar-refractivity contribution in [2.75, 3.05) is 0 Å². The third-order valence-electron chi connectivity index (χ3n) is 8.52. The van der Waals surface area contributed by atoms with Crippen molar-refractivity contribution in [3.63, 3.8) is 0 Å². The normalized spacial score (nSPS) is 13.4. The van der Waals surface area contributed by atoms with Crippen LogP contribution in [0.4, 0.5) is 0 Å². The molecule has 0 fully saturated rings. The second-order valence-electron chi connectivity index (χ2n) is 14.7. The molecule has 0 N–H and O–H groups in total. The minimum atomic E-state index is -1.58. The molecule has 1 aromatic heterocycles. The molecular formula is C37H44NOSi+. The molecule has 0 unspecified atom stereocenters. The summed E-state index contributed by atoms with van der Waals surface area (Å²) in [6.45, 7) is 21.3. The Morgan fingerprint density at radius 1 is 0.900 bits per heavy atom. The molecule has 0 saturated heterocycles. The van der Waals surface area contributed by atoms with E-state index in [-0.39, 0.29) is 5.41 Å². The Labute approximate surface area is 241 Å². The predicted octanol–water partition coefficient (Wildman–Crippen LogP) is 9.38. The fourth-order valence-electron chi connectivity index (χ4n) is 6.90. The molecule has 40 heavy (non-hydrogen) atoms. The van der Waals surface area contributed by atoms with Gasteiger partial charge in [-0.1, -0.05) is 95.8 Å². The summed E-state index contributed by atoms with van der Waals surface area (Å²) < 4.78 is 9.39. The van der Waals surface area contributed by atoms with E-state index < -0.39 is 8.07 Å². The van der Waals surface area contributed by atoms with Gasteiger partial charge in [0.1, 0.15) is 18.5 Å². The number of nitrogens with zero attached hydrogens (tertiary/aromatic N) is 1. The van der Waals surface area contributed by atoms with Crippen molar-refractivity contribution >= 4 is 45.6 Å². The van der Waals surface area contributed by atoms with Gasteiger partial charge in [-0.25, -0.2) is 4.57 Å². The zero-order chi connectivity index (χ0) is 28.7. The molecular weight excluding hydrogens is 502 g/mol. The van der Waals surface area contributed by atoms with Gasteiger partial charge in [0.15, 0.2) is 6.20 Å². The van der Waals surface area contributed by atoms with Crippen molar-refractivity contribution < 1.29 is 9.30 Å².